The maximum absolute atomic E-state index is 16.1. The van der Waals surface area contributed by atoms with E-state index in [1.807, 2.05) is 88.7 Å². The highest BCUT2D eigenvalue weighted by molar-refractivity contribution is 6.04. The Morgan fingerprint density at radius 3 is 2.06 bits per heavy atom. The Labute approximate surface area is 296 Å². The molecule has 0 bridgehead atoms. The van der Waals surface area contributed by atoms with Gasteiger partial charge in [-0.1, -0.05) is 97.1 Å². The molecule has 0 radical (unpaired) electrons. The lowest BCUT2D eigenvalue weighted by atomic mass is 9.77. The largest absolute Gasteiger partial charge is 0.497 e. The normalized spacial score (nSPS) is 17.0. The number of hydrogen-bond donors (Lipinski definition) is 2. The molecule has 3 heterocycles. The third-order valence-corrected chi connectivity index (χ3v) is 9.68. The lowest BCUT2D eigenvalue weighted by Crippen LogP contribution is -2.38. The van der Waals surface area contributed by atoms with E-state index in [9.17, 15) is 0 Å². The number of aromatic nitrogens is 2. The number of hydrogen-bond acceptors (Lipinski definition) is 6. The van der Waals surface area contributed by atoms with Crippen molar-refractivity contribution < 1.29 is 13.9 Å². The standard InChI is InChI=1S/C42H37FN6O2/c1-50-33-21-22-34(36(43)24-33)39-35(29-20-23-38-45-25-37(48(38)26-29)40(44)46-41(51-2)28-18-19-28)27-49(47-39)42(30-12-6-3-7-13-30,31-14-8-4-9-15-31)32-16-10-5-11-17-32/h3-17,20-28,38,44-45H,18-19H2,1-2H3/b44-40?,46-41-. The van der Waals surface area contributed by atoms with Gasteiger partial charge in [0.05, 0.1) is 14.2 Å². The van der Waals surface area contributed by atoms with Crippen molar-refractivity contribution in [2.24, 2.45) is 10.9 Å². The fourth-order valence-electron chi connectivity index (χ4n) is 7.01. The molecule has 51 heavy (non-hydrogen) atoms. The Kier molecular flexibility index (Phi) is 8.31. The quantitative estimate of drug-likeness (QED) is 0.0940. The van der Waals surface area contributed by atoms with Crippen LogP contribution in [0.15, 0.2) is 151 Å². The number of methoxy groups -OCH3 is 2. The van der Waals surface area contributed by atoms with E-state index >= 15 is 4.39 Å². The van der Waals surface area contributed by atoms with Gasteiger partial charge in [-0.25, -0.2) is 4.39 Å². The van der Waals surface area contributed by atoms with Crippen LogP contribution < -0.4 is 10.1 Å². The molecule has 1 aliphatic carbocycles. The minimum atomic E-state index is -0.919. The van der Waals surface area contributed by atoms with Gasteiger partial charge in [-0.2, -0.15) is 10.1 Å². The molecule has 3 aliphatic rings. The molecule has 1 unspecified atom stereocenters. The summed E-state index contributed by atoms with van der Waals surface area (Å²) in [7, 11) is 3.13. The molecule has 0 spiro atoms. The lowest BCUT2D eigenvalue weighted by Gasteiger charge is -2.36. The number of nitrogens with zero attached hydrogens (tertiary/aromatic N) is 4. The van der Waals surface area contributed by atoms with Crippen molar-refractivity contribution in [2.75, 3.05) is 14.2 Å². The number of allylic oxidation sites excluding steroid dienone is 2. The Balaban J connectivity index is 1.34. The predicted molar refractivity (Wildman–Crippen MR) is 198 cm³/mol. The summed E-state index contributed by atoms with van der Waals surface area (Å²) in [6.07, 6.45) is 11.7. The van der Waals surface area contributed by atoms with Crippen LogP contribution in [-0.2, 0) is 10.3 Å². The van der Waals surface area contributed by atoms with Crippen molar-refractivity contribution >= 4 is 17.3 Å². The number of amidine groups is 1. The van der Waals surface area contributed by atoms with Crippen LogP contribution in [0.3, 0.4) is 0 Å². The summed E-state index contributed by atoms with van der Waals surface area (Å²) in [6.45, 7) is 0. The zero-order valence-corrected chi connectivity index (χ0v) is 28.3. The summed E-state index contributed by atoms with van der Waals surface area (Å²) in [5, 5.41) is 17.6. The zero-order chi connectivity index (χ0) is 35.0. The Morgan fingerprint density at radius 1 is 0.882 bits per heavy atom. The van der Waals surface area contributed by atoms with E-state index in [1.54, 1.807) is 25.4 Å². The summed E-state index contributed by atoms with van der Waals surface area (Å²) in [5.41, 5.74) is 5.00. The van der Waals surface area contributed by atoms with Gasteiger partial charge in [0.15, 0.2) is 11.7 Å². The average Bonchev–Trinajstić information content (AvgIpc) is 3.79. The highest BCUT2D eigenvalue weighted by Crippen LogP contribution is 2.44. The first-order valence-electron chi connectivity index (χ1n) is 17.0. The van der Waals surface area contributed by atoms with Crippen LogP contribution in [0, 0.1) is 17.1 Å². The molecule has 1 atom stereocenters. The average molecular weight is 677 g/mol. The van der Waals surface area contributed by atoms with Crippen LogP contribution in [-0.4, -0.2) is 46.8 Å². The van der Waals surface area contributed by atoms with Crippen LogP contribution in [0.1, 0.15) is 35.1 Å². The maximum atomic E-state index is 16.1. The van der Waals surface area contributed by atoms with Crippen molar-refractivity contribution in [3.8, 4) is 17.0 Å². The molecule has 0 amide bonds. The predicted octanol–water partition coefficient (Wildman–Crippen LogP) is 7.95. The van der Waals surface area contributed by atoms with Crippen molar-refractivity contribution in [2.45, 2.75) is 24.5 Å². The Morgan fingerprint density at radius 2 is 1.51 bits per heavy atom. The van der Waals surface area contributed by atoms with Gasteiger partial charge in [0.2, 0.25) is 0 Å². The van der Waals surface area contributed by atoms with E-state index in [0.717, 1.165) is 40.7 Å². The van der Waals surface area contributed by atoms with Gasteiger partial charge < -0.3 is 19.7 Å². The highest BCUT2D eigenvalue weighted by atomic mass is 19.1. The SMILES string of the molecule is CO/C(=N\C(=N)C1=CNC2C=CC(c3cn(C(c4ccccc4)(c4ccccc4)c4ccccc4)nc3-c3ccc(OC)cc3F)=CN12)C1CC1. The molecule has 2 aliphatic heterocycles. The summed E-state index contributed by atoms with van der Waals surface area (Å²) < 4.78 is 28.9. The van der Waals surface area contributed by atoms with E-state index in [2.05, 4.69) is 46.7 Å². The van der Waals surface area contributed by atoms with Gasteiger partial charge in [0, 0.05) is 47.3 Å². The molecule has 9 heteroatoms. The summed E-state index contributed by atoms with van der Waals surface area (Å²) in [6, 6.07) is 35.7. The smallest absolute Gasteiger partial charge is 0.192 e. The molecular formula is C42H37FN6O2. The fourth-order valence-corrected chi connectivity index (χ4v) is 7.01. The summed E-state index contributed by atoms with van der Waals surface area (Å²) in [4.78, 5) is 6.53. The van der Waals surface area contributed by atoms with Crippen LogP contribution in [0.2, 0.25) is 0 Å². The number of nitrogens with one attached hydrogen (secondary N) is 2. The number of benzene rings is 4. The second kappa shape index (κ2) is 13.2. The first-order chi connectivity index (χ1) is 25.0. The second-order valence-corrected chi connectivity index (χ2v) is 12.8. The molecule has 5 aromatic rings. The number of halogens is 1. The van der Waals surface area contributed by atoms with E-state index in [1.165, 1.54) is 13.2 Å². The van der Waals surface area contributed by atoms with Gasteiger partial charge >= 0.3 is 0 Å². The minimum absolute atomic E-state index is 0.105. The third-order valence-electron chi connectivity index (χ3n) is 9.68. The maximum Gasteiger partial charge on any atom is 0.192 e. The lowest BCUT2D eigenvalue weighted by molar-refractivity contribution is 0.386. The van der Waals surface area contributed by atoms with Crippen LogP contribution in [0.4, 0.5) is 4.39 Å². The first-order valence-corrected chi connectivity index (χ1v) is 17.0. The van der Waals surface area contributed by atoms with Gasteiger partial charge in [0.25, 0.3) is 0 Å². The van der Waals surface area contributed by atoms with Gasteiger partial charge in [-0.05, 0) is 47.7 Å². The van der Waals surface area contributed by atoms with Crippen molar-refractivity contribution in [3.63, 3.8) is 0 Å². The number of fused-ring (bicyclic) bond motifs is 1. The van der Waals surface area contributed by atoms with Crippen LogP contribution >= 0.6 is 0 Å². The Hall–Kier alpha value is -6.22. The number of ether oxygens (including phenoxy) is 2. The molecule has 1 aromatic heterocycles. The zero-order valence-electron chi connectivity index (χ0n) is 28.3. The summed E-state index contributed by atoms with van der Waals surface area (Å²) in [5.74, 6) is 0.922. The van der Waals surface area contributed by atoms with Gasteiger partial charge in [0.1, 0.15) is 34.7 Å². The molecule has 8 nitrogen and oxygen atoms in total. The topological polar surface area (TPSA) is 87.8 Å². The molecule has 1 saturated carbocycles. The fraction of sp³-hybridized carbons (Fsp3) is 0.167. The van der Waals surface area contributed by atoms with Gasteiger partial charge in [-0.3, -0.25) is 10.1 Å². The van der Waals surface area contributed by atoms with Gasteiger partial charge in [-0.15, -0.1) is 0 Å². The van der Waals surface area contributed by atoms with E-state index in [4.69, 9.17) is 20.0 Å². The monoisotopic (exact) mass is 676 g/mol. The molecule has 2 N–H and O–H groups in total. The Bertz CT molecular complexity index is 2110. The van der Waals surface area contributed by atoms with Crippen molar-refractivity contribution in [1.29, 1.82) is 5.41 Å². The van der Waals surface area contributed by atoms with Crippen LogP contribution in [0.25, 0.3) is 16.8 Å². The van der Waals surface area contributed by atoms with Crippen molar-refractivity contribution in [3.05, 3.63) is 174 Å². The molecule has 1 fully saturated rings. The third kappa shape index (κ3) is 5.70. The molecule has 4 aromatic carbocycles. The molecule has 0 saturated heterocycles. The highest BCUT2D eigenvalue weighted by Gasteiger charge is 2.41. The van der Waals surface area contributed by atoms with E-state index in [0.29, 0.717) is 28.6 Å². The number of rotatable bonds is 9. The van der Waals surface area contributed by atoms with E-state index in [-0.39, 0.29) is 17.9 Å². The molecule has 8 rings (SSSR count). The molecule has 254 valence electrons. The first kappa shape index (κ1) is 32.0. The van der Waals surface area contributed by atoms with Crippen molar-refractivity contribution in [1.82, 2.24) is 20.0 Å². The second-order valence-electron chi connectivity index (χ2n) is 12.8. The molecular weight excluding hydrogens is 640 g/mol. The van der Waals surface area contributed by atoms with Crippen LogP contribution in [0.5, 0.6) is 5.75 Å². The minimum Gasteiger partial charge on any atom is -0.497 e. The van der Waals surface area contributed by atoms with E-state index < -0.39 is 11.4 Å². The summed E-state index contributed by atoms with van der Waals surface area (Å²) >= 11 is 0. The number of aliphatic imine (C=N–C) groups is 1.